The van der Waals surface area contributed by atoms with E-state index in [1.807, 2.05) is 36.4 Å². The van der Waals surface area contributed by atoms with Gasteiger partial charge in [-0.25, -0.2) is 4.68 Å². The third-order valence-electron chi connectivity index (χ3n) is 6.63. The summed E-state index contributed by atoms with van der Waals surface area (Å²) in [5, 5.41) is 7.82. The molecule has 2 aliphatic heterocycles. The Morgan fingerprint density at radius 2 is 1.80 bits per heavy atom. The van der Waals surface area contributed by atoms with Crippen molar-refractivity contribution in [2.45, 2.75) is 49.1 Å². The standard InChI is InChI=1S/C23H27N3O4/c27-21-9-8-18(16-6-7-16)25-26(21)20-15-30-14-19(20)24-22(28)23(10-12-29-13-11-23)17-4-2-1-3-5-17/h1-5,8-9,16,19-20H,6-7,10-15H2,(H,24,28). The van der Waals surface area contributed by atoms with Gasteiger partial charge in [0.05, 0.1) is 30.4 Å². The van der Waals surface area contributed by atoms with Crippen molar-refractivity contribution in [3.63, 3.8) is 0 Å². The summed E-state index contributed by atoms with van der Waals surface area (Å²) in [6.07, 6.45) is 3.51. The zero-order chi connectivity index (χ0) is 20.6. The van der Waals surface area contributed by atoms with E-state index in [1.165, 1.54) is 4.68 Å². The van der Waals surface area contributed by atoms with Gasteiger partial charge in [0, 0.05) is 25.2 Å². The minimum Gasteiger partial charge on any atom is -0.381 e. The number of hydrogen-bond acceptors (Lipinski definition) is 5. The summed E-state index contributed by atoms with van der Waals surface area (Å²) < 4.78 is 12.8. The molecule has 1 aliphatic carbocycles. The van der Waals surface area contributed by atoms with E-state index in [9.17, 15) is 9.59 Å². The molecule has 3 fully saturated rings. The topological polar surface area (TPSA) is 82.5 Å². The second-order valence-electron chi connectivity index (χ2n) is 8.56. The number of hydrogen-bond donors (Lipinski definition) is 1. The highest BCUT2D eigenvalue weighted by Gasteiger charge is 2.44. The van der Waals surface area contributed by atoms with E-state index in [2.05, 4.69) is 10.4 Å². The molecule has 3 aliphatic rings. The van der Waals surface area contributed by atoms with E-state index >= 15 is 0 Å². The van der Waals surface area contributed by atoms with Crippen LogP contribution in [0.4, 0.5) is 0 Å². The van der Waals surface area contributed by atoms with Crippen LogP contribution in [0.1, 0.15) is 48.9 Å². The summed E-state index contributed by atoms with van der Waals surface area (Å²) in [7, 11) is 0. The quantitative estimate of drug-likeness (QED) is 0.816. The summed E-state index contributed by atoms with van der Waals surface area (Å²) >= 11 is 0. The third-order valence-corrected chi connectivity index (χ3v) is 6.63. The molecule has 0 bridgehead atoms. The van der Waals surface area contributed by atoms with Gasteiger partial charge in [-0.15, -0.1) is 0 Å². The molecule has 2 unspecified atom stereocenters. The monoisotopic (exact) mass is 409 g/mol. The average molecular weight is 409 g/mol. The van der Waals surface area contributed by atoms with Crippen molar-refractivity contribution in [1.82, 2.24) is 15.1 Å². The summed E-state index contributed by atoms with van der Waals surface area (Å²) in [6.45, 7) is 1.85. The van der Waals surface area contributed by atoms with Gasteiger partial charge in [0.2, 0.25) is 5.91 Å². The van der Waals surface area contributed by atoms with Crippen LogP contribution < -0.4 is 10.9 Å². The van der Waals surface area contributed by atoms with Crippen LogP contribution in [0, 0.1) is 0 Å². The van der Waals surface area contributed by atoms with E-state index in [-0.39, 0.29) is 23.6 Å². The van der Waals surface area contributed by atoms with Gasteiger partial charge in [0.25, 0.3) is 5.56 Å². The Hall–Kier alpha value is -2.51. The first-order chi connectivity index (χ1) is 14.7. The predicted molar refractivity (Wildman–Crippen MR) is 110 cm³/mol. The number of benzene rings is 1. The Morgan fingerprint density at radius 3 is 2.53 bits per heavy atom. The first kappa shape index (κ1) is 19.5. The third kappa shape index (κ3) is 3.56. The molecule has 7 nitrogen and oxygen atoms in total. The SMILES string of the molecule is O=C(NC1COCC1n1nc(C2CC2)ccc1=O)C1(c2ccccc2)CCOCC1. The molecule has 1 aromatic heterocycles. The Kier molecular flexibility index (Phi) is 5.16. The Labute approximate surface area is 175 Å². The van der Waals surface area contributed by atoms with Gasteiger partial charge in [-0.3, -0.25) is 9.59 Å². The van der Waals surface area contributed by atoms with Crippen molar-refractivity contribution in [3.8, 4) is 0 Å². The maximum atomic E-state index is 13.6. The van der Waals surface area contributed by atoms with Crippen LogP contribution in [-0.2, 0) is 19.7 Å². The summed E-state index contributed by atoms with van der Waals surface area (Å²) in [5.41, 5.74) is 1.18. The Bertz CT molecular complexity index is 964. The lowest BCUT2D eigenvalue weighted by Gasteiger charge is -2.37. The summed E-state index contributed by atoms with van der Waals surface area (Å²) in [4.78, 5) is 26.1. The Morgan fingerprint density at radius 1 is 1.03 bits per heavy atom. The van der Waals surface area contributed by atoms with Crippen LogP contribution in [0.5, 0.6) is 0 Å². The number of carbonyl (C=O) groups is 1. The van der Waals surface area contributed by atoms with Crippen molar-refractivity contribution in [1.29, 1.82) is 0 Å². The molecule has 2 atom stereocenters. The highest BCUT2D eigenvalue weighted by Crippen LogP contribution is 2.39. The number of nitrogens with zero attached hydrogens (tertiary/aromatic N) is 2. The normalized spacial score (nSPS) is 25.7. The number of carbonyl (C=O) groups excluding carboxylic acids is 1. The van der Waals surface area contributed by atoms with Crippen molar-refractivity contribution < 1.29 is 14.3 Å². The zero-order valence-corrected chi connectivity index (χ0v) is 17.0. The van der Waals surface area contributed by atoms with Gasteiger partial charge in [-0.2, -0.15) is 5.10 Å². The van der Waals surface area contributed by atoms with E-state index in [0.29, 0.717) is 45.2 Å². The molecule has 5 rings (SSSR count). The van der Waals surface area contributed by atoms with Gasteiger partial charge in [0.1, 0.15) is 6.04 Å². The number of rotatable bonds is 5. The molecule has 3 heterocycles. The van der Waals surface area contributed by atoms with Crippen molar-refractivity contribution in [3.05, 3.63) is 64.1 Å². The summed E-state index contributed by atoms with van der Waals surface area (Å²) in [5.74, 6) is 0.430. The molecule has 2 aromatic rings. The smallest absolute Gasteiger partial charge is 0.267 e. The number of nitrogens with one attached hydrogen (secondary N) is 1. The summed E-state index contributed by atoms with van der Waals surface area (Å²) in [6, 6.07) is 12.7. The van der Waals surface area contributed by atoms with Gasteiger partial charge in [-0.1, -0.05) is 30.3 Å². The van der Waals surface area contributed by atoms with Gasteiger partial charge in [-0.05, 0) is 37.3 Å². The highest BCUT2D eigenvalue weighted by molar-refractivity contribution is 5.88. The zero-order valence-electron chi connectivity index (χ0n) is 17.0. The van der Waals surface area contributed by atoms with E-state index < -0.39 is 5.41 Å². The molecule has 1 saturated carbocycles. The second kappa shape index (κ2) is 7.96. The molecule has 0 spiro atoms. The van der Waals surface area contributed by atoms with Crippen LogP contribution >= 0.6 is 0 Å². The van der Waals surface area contributed by atoms with Gasteiger partial charge >= 0.3 is 0 Å². The maximum Gasteiger partial charge on any atom is 0.267 e. The van der Waals surface area contributed by atoms with Gasteiger partial charge < -0.3 is 14.8 Å². The lowest BCUT2D eigenvalue weighted by atomic mass is 9.73. The first-order valence-electron chi connectivity index (χ1n) is 10.8. The molecule has 2 saturated heterocycles. The fraction of sp³-hybridized carbons (Fsp3) is 0.522. The number of ether oxygens (including phenoxy) is 2. The lowest BCUT2D eigenvalue weighted by Crippen LogP contribution is -2.53. The molecule has 0 radical (unpaired) electrons. The minimum absolute atomic E-state index is 0.0242. The molecule has 1 aromatic carbocycles. The second-order valence-corrected chi connectivity index (χ2v) is 8.56. The van der Waals surface area contributed by atoms with Crippen LogP contribution in [0.2, 0.25) is 0 Å². The Balaban J connectivity index is 1.41. The fourth-order valence-electron chi connectivity index (χ4n) is 4.63. The minimum atomic E-state index is -0.624. The molecular formula is C23H27N3O4. The van der Waals surface area contributed by atoms with Crippen molar-refractivity contribution in [2.24, 2.45) is 0 Å². The predicted octanol–water partition coefficient (Wildman–Crippen LogP) is 1.93. The van der Waals surface area contributed by atoms with Crippen LogP contribution in [-0.4, -0.2) is 48.2 Å². The fourth-order valence-corrected chi connectivity index (χ4v) is 4.63. The molecule has 7 heteroatoms. The number of aromatic nitrogens is 2. The van der Waals surface area contributed by atoms with Crippen LogP contribution in [0.15, 0.2) is 47.3 Å². The van der Waals surface area contributed by atoms with E-state index in [4.69, 9.17) is 9.47 Å². The molecule has 30 heavy (non-hydrogen) atoms. The molecule has 1 N–H and O–H groups in total. The van der Waals surface area contributed by atoms with E-state index in [1.54, 1.807) is 6.07 Å². The molecule has 1 amide bonds. The first-order valence-corrected chi connectivity index (χ1v) is 10.8. The maximum absolute atomic E-state index is 13.6. The molecule has 158 valence electrons. The van der Waals surface area contributed by atoms with Crippen molar-refractivity contribution >= 4 is 5.91 Å². The van der Waals surface area contributed by atoms with Crippen molar-refractivity contribution in [2.75, 3.05) is 26.4 Å². The highest BCUT2D eigenvalue weighted by atomic mass is 16.5. The van der Waals surface area contributed by atoms with E-state index in [0.717, 1.165) is 24.1 Å². The van der Waals surface area contributed by atoms with Crippen LogP contribution in [0.25, 0.3) is 0 Å². The largest absolute Gasteiger partial charge is 0.381 e. The average Bonchev–Trinajstić information content (AvgIpc) is 3.54. The number of amides is 1. The van der Waals surface area contributed by atoms with Gasteiger partial charge in [0.15, 0.2) is 0 Å². The lowest BCUT2D eigenvalue weighted by molar-refractivity contribution is -0.131. The van der Waals surface area contributed by atoms with Crippen LogP contribution in [0.3, 0.4) is 0 Å². The molecular weight excluding hydrogens is 382 g/mol.